The van der Waals surface area contributed by atoms with Gasteiger partial charge in [0, 0.05) is 6.42 Å². The molecular weight excluding hydrogens is 392 g/mol. The molecule has 0 amide bonds. The summed E-state index contributed by atoms with van der Waals surface area (Å²) in [5, 5.41) is 49.8. The summed E-state index contributed by atoms with van der Waals surface area (Å²) in [5.74, 6) is 1.09. The van der Waals surface area contributed by atoms with E-state index >= 15 is 0 Å². The molecule has 1 aliphatic heterocycles. The fourth-order valence-electron chi connectivity index (χ4n) is 3.41. The third-order valence-electron chi connectivity index (χ3n) is 5.19. The van der Waals surface area contributed by atoms with E-state index in [-0.39, 0.29) is 6.61 Å². The van der Waals surface area contributed by atoms with Gasteiger partial charge in [-0.15, -0.1) is 0 Å². The highest BCUT2D eigenvalue weighted by atomic mass is 16.7. The quantitative estimate of drug-likeness (QED) is 0.434. The maximum absolute atomic E-state index is 10.3. The van der Waals surface area contributed by atoms with E-state index in [1.807, 2.05) is 24.3 Å². The SMILES string of the molecule is COc1ccc(Cc2ccc(CO)cc2O[C@@H]2O[C@H]([C@H](C)O)[C@@H](O)[C@H](O)[C@H]2O)cc1. The van der Waals surface area contributed by atoms with Crippen LogP contribution in [0.3, 0.4) is 0 Å². The van der Waals surface area contributed by atoms with E-state index in [4.69, 9.17) is 14.2 Å². The van der Waals surface area contributed by atoms with Crippen molar-refractivity contribution in [2.75, 3.05) is 7.11 Å². The Kier molecular flexibility index (Phi) is 7.30. The number of aliphatic hydroxyl groups excluding tert-OH is 5. The first-order chi connectivity index (χ1) is 14.3. The molecular formula is C22H28O8. The number of ether oxygens (including phenoxy) is 3. The molecule has 0 aromatic heterocycles. The largest absolute Gasteiger partial charge is 0.497 e. The van der Waals surface area contributed by atoms with Crippen LogP contribution in [-0.2, 0) is 17.8 Å². The van der Waals surface area contributed by atoms with Gasteiger partial charge in [-0.25, -0.2) is 0 Å². The average molecular weight is 420 g/mol. The molecule has 6 atom stereocenters. The lowest BCUT2D eigenvalue weighted by atomic mass is 9.96. The molecule has 2 aromatic rings. The van der Waals surface area contributed by atoms with Crippen LogP contribution in [-0.4, -0.2) is 69.5 Å². The first kappa shape index (κ1) is 22.5. The Morgan fingerprint density at radius 2 is 1.63 bits per heavy atom. The van der Waals surface area contributed by atoms with E-state index in [0.29, 0.717) is 17.7 Å². The summed E-state index contributed by atoms with van der Waals surface area (Å²) in [5.41, 5.74) is 2.35. The molecule has 3 rings (SSSR count). The van der Waals surface area contributed by atoms with Crippen LogP contribution >= 0.6 is 0 Å². The second-order valence-corrected chi connectivity index (χ2v) is 7.42. The van der Waals surface area contributed by atoms with Gasteiger partial charge in [-0.3, -0.25) is 0 Å². The lowest BCUT2D eigenvalue weighted by Crippen LogP contribution is -2.61. The molecule has 0 saturated carbocycles. The molecule has 30 heavy (non-hydrogen) atoms. The molecule has 0 bridgehead atoms. The number of aliphatic hydroxyl groups is 5. The van der Waals surface area contributed by atoms with Gasteiger partial charge < -0.3 is 39.7 Å². The van der Waals surface area contributed by atoms with Crippen LogP contribution in [0.15, 0.2) is 42.5 Å². The van der Waals surface area contributed by atoms with E-state index in [0.717, 1.165) is 16.9 Å². The van der Waals surface area contributed by atoms with Gasteiger partial charge in [-0.05, 0) is 41.8 Å². The van der Waals surface area contributed by atoms with Crippen LogP contribution in [0, 0.1) is 0 Å². The van der Waals surface area contributed by atoms with Crippen LogP contribution in [0.1, 0.15) is 23.6 Å². The van der Waals surface area contributed by atoms with Crippen molar-refractivity contribution in [3.8, 4) is 11.5 Å². The zero-order valence-corrected chi connectivity index (χ0v) is 16.9. The van der Waals surface area contributed by atoms with Gasteiger partial charge in [0.1, 0.15) is 35.9 Å². The minimum Gasteiger partial charge on any atom is -0.497 e. The molecule has 5 N–H and O–H groups in total. The smallest absolute Gasteiger partial charge is 0.229 e. The highest BCUT2D eigenvalue weighted by Crippen LogP contribution is 2.30. The molecule has 2 aromatic carbocycles. The van der Waals surface area contributed by atoms with Crippen molar-refractivity contribution >= 4 is 0 Å². The van der Waals surface area contributed by atoms with Gasteiger partial charge in [0.25, 0.3) is 0 Å². The van der Waals surface area contributed by atoms with Crippen molar-refractivity contribution in [2.24, 2.45) is 0 Å². The Hall–Kier alpha value is -2.20. The maximum Gasteiger partial charge on any atom is 0.229 e. The van der Waals surface area contributed by atoms with Crippen LogP contribution in [0.25, 0.3) is 0 Å². The molecule has 1 fully saturated rings. The molecule has 1 saturated heterocycles. The first-order valence-electron chi connectivity index (χ1n) is 9.74. The van der Waals surface area contributed by atoms with E-state index < -0.39 is 36.8 Å². The van der Waals surface area contributed by atoms with Gasteiger partial charge in [-0.1, -0.05) is 24.3 Å². The highest BCUT2D eigenvalue weighted by molar-refractivity contribution is 5.41. The Morgan fingerprint density at radius 1 is 0.967 bits per heavy atom. The lowest BCUT2D eigenvalue weighted by molar-refractivity contribution is -0.286. The fourth-order valence-corrected chi connectivity index (χ4v) is 3.41. The molecule has 0 unspecified atom stereocenters. The number of methoxy groups -OCH3 is 1. The number of benzene rings is 2. The van der Waals surface area contributed by atoms with Crippen LogP contribution in [0.2, 0.25) is 0 Å². The van der Waals surface area contributed by atoms with Crippen LogP contribution in [0.4, 0.5) is 0 Å². The molecule has 1 heterocycles. The second-order valence-electron chi connectivity index (χ2n) is 7.42. The standard InChI is InChI=1S/C22H28O8/c1-12(24)21-19(26)18(25)20(27)22(30-21)29-17-10-14(11-23)3-6-15(17)9-13-4-7-16(28-2)8-5-13/h3-8,10,12,18-27H,9,11H2,1-2H3/t12-,18-,19-,20+,21+,22+/m0/s1. The molecule has 0 spiro atoms. The summed E-state index contributed by atoms with van der Waals surface area (Å²) in [4.78, 5) is 0. The van der Waals surface area contributed by atoms with Crippen LogP contribution in [0.5, 0.6) is 11.5 Å². The first-order valence-corrected chi connectivity index (χ1v) is 9.74. The summed E-state index contributed by atoms with van der Waals surface area (Å²) in [6.45, 7) is 1.21. The van der Waals surface area contributed by atoms with Crippen molar-refractivity contribution in [1.29, 1.82) is 0 Å². The van der Waals surface area contributed by atoms with E-state index in [2.05, 4.69) is 0 Å². The second kappa shape index (κ2) is 9.74. The predicted octanol–water partition coefficient (Wildman–Crippen LogP) is 0.345. The number of rotatable bonds is 7. The lowest BCUT2D eigenvalue weighted by Gasteiger charge is -2.41. The van der Waals surface area contributed by atoms with Crippen molar-refractivity contribution in [3.05, 3.63) is 59.2 Å². The predicted molar refractivity (Wildman–Crippen MR) is 107 cm³/mol. The van der Waals surface area contributed by atoms with E-state index in [1.165, 1.54) is 6.92 Å². The maximum atomic E-state index is 10.3. The molecule has 1 aliphatic rings. The van der Waals surface area contributed by atoms with Gasteiger partial charge >= 0.3 is 0 Å². The normalized spacial score (nSPS) is 27.5. The summed E-state index contributed by atoms with van der Waals surface area (Å²) in [6, 6.07) is 12.7. The summed E-state index contributed by atoms with van der Waals surface area (Å²) < 4.78 is 16.6. The Bertz CT molecular complexity index is 822. The third kappa shape index (κ3) is 4.92. The van der Waals surface area contributed by atoms with Crippen LogP contribution < -0.4 is 9.47 Å². The average Bonchev–Trinajstić information content (AvgIpc) is 2.75. The van der Waals surface area contributed by atoms with Crippen molar-refractivity contribution in [2.45, 2.75) is 56.8 Å². The van der Waals surface area contributed by atoms with Crippen molar-refractivity contribution in [1.82, 2.24) is 0 Å². The summed E-state index contributed by atoms with van der Waals surface area (Å²) in [7, 11) is 1.59. The molecule has 0 aliphatic carbocycles. The molecule has 164 valence electrons. The Labute approximate surface area is 174 Å². The number of hydrogen-bond donors (Lipinski definition) is 5. The van der Waals surface area contributed by atoms with Gasteiger partial charge in [-0.2, -0.15) is 0 Å². The topological polar surface area (TPSA) is 129 Å². The molecule has 0 radical (unpaired) electrons. The zero-order chi connectivity index (χ0) is 21.8. The van der Waals surface area contributed by atoms with E-state index in [9.17, 15) is 25.5 Å². The zero-order valence-electron chi connectivity index (χ0n) is 16.9. The minimum atomic E-state index is -1.55. The summed E-state index contributed by atoms with van der Waals surface area (Å²) >= 11 is 0. The van der Waals surface area contributed by atoms with Crippen molar-refractivity contribution in [3.63, 3.8) is 0 Å². The molecule has 8 heteroatoms. The fraction of sp³-hybridized carbons (Fsp3) is 0.455. The Morgan fingerprint density at radius 3 is 2.23 bits per heavy atom. The Balaban J connectivity index is 1.86. The minimum absolute atomic E-state index is 0.203. The van der Waals surface area contributed by atoms with Gasteiger partial charge in [0.05, 0.1) is 19.8 Å². The van der Waals surface area contributed by atoms with E-state index in [1.54, 1.807) is 25.3 Å². The molecule has 8 nitrogen and oxygen atoms in total. The number of hydrogen-bond acceptors (Lipinski definition) is 8. The van der Waals surface area contributed by atoms with Crippen molar-refractivity contribution < 1.29 is 39.7 Å². The van der Waals surface area contributed by atoms with Gasteiger partial charge in [0.2, 0.25) is 6.29 Å². The monoisotopic (exact) mass is 420 g/mol. The third-order valence-corrected chi connectivity index (χ3v) is 5.19. The summed E-state index contributed by atoms with van der Waals surface area (Å²) in [6.07, 6.45) is -7.56. The van der Waals surface area contributed by atoms with Gasteiger partial charge in [0.15, 0.2) is 0 Å². The highest BCUT2D eigenvalue weighted by Gasteiger charge is 2.46.